The van der Waals surface area contributed by atoms with Crippen molar-refractivity contribution in [2.24, 2.45) is 5.92 Å². The monoisotopic (exact) mass is 218 g/mol. The van der Waals surface area contributed by atoms with Gasteiger partial charge in [0, 0.05) is 6.61 Å². The third kappa shape index (κ3) is 2.85. The smallest absolute Gasteiger partial charge is 0.0612 e. The van der Waals surface area contributed by atoms with E-state index in [1.807, 2.05) is 0 Å². The van der Waals surface area contributed by atoms with Gasteiger partial charge in [0.1, 0.15) is 0 Å². The maximum atomic E-state index is 5.94. The van der Waals surface area contributed by atoms with E-state index in [0.717, 1.165) is 25.4 Å². The fourth-order valence-corrected chi connectivity index (χ4v) is 2.44. The van der Waals surface area contributed by atoms with E-state index in [4.69, 9.17) is 4.74 Å². The standard InChI is InChI=1S/C15H22O/c1-3-15-11-14-7-5-4-6-13(14)10-12(2)8-9-16-15/h4-7,12,15H,3,8-11H2,1-2H3. The van der Waals surface area contributed by atoms with Crippen LogP contribution in [-0.4, -0.2) is 12.7 Å². The van der Waals surface area contributed by atoms with Gasteiger partial charge in [0.2, 0.25) is 0 Å². The van der Waals surface area contributed by atoms with Crippen LogP contribution in [-0.2, 0) is 17.6 Å². The molecule has 1 aliphatic rings. The average molecular weight is 218 g/mol. The maximum Gasteiger partial charge on any atom is 0.0612 e. The SMILES string of the molecule is CCC1Cc2ccccc2CC(C)CCO1. The van der Waals surface area contributed by atoms with Crippen LogP contribution in [0.5, 0.6) is 0 Å². The summed E-state index contributed by atoms with van der Waals surface area (Å²) in [7, 11) is 0. The third-order valence-corrected chi connectivity index (χ3v) is 3.55. The van der Waals surface area contributed by atoms with Crippen molar-refractivity contribution in [3.63, 3.8) is 0 Å². The van der Waals surface area contributed by atoms with Gasteiger partial charge in [0.15, 0.2) is 0 Å². The van der Waals surface area contributed by atoms with Crippen molar-refractivity contribution in [1.29, 1.82) is 0 Å². The predicted octanol–water partition coefficient (Wildman–Crippen LogP) is 3.61. The van der Waals surface area contributed by atoms with Gasteiger partial charge in [-0.1, -0.05) is 38.1 Å². The van der Waals surface area contributed by atoms with E-state index in [0.29, 0.717) is 6.10 Å². The highest BCUT2D eigenvalue weighted by atomic mass is 16.5. The van der Waals surface area contributed by atoms with Crippen molar-refractivity contribution in [3.05, 3.63) is 35.4 Å². The molecule has 0 radical (unpaired) electrons. The molecule has 88 valence electrons. The number of hydrogen-bond donors (Lipinski definition) is 0. The molecular weight excluding hydrogens is 196 g/mol. The van der Waals surface area contributed by atoms with E-state index in [-0.39, 0.29) is 0 Å². The topological polar surface area (TPSA) is 9.23 Å². The van der Waals surface area contributed by atoms with Gasteiger partial charge in [0.25, 0.3) is 0 Å². The molecule has 1 heteroatoms. The number of benzene rings is 1. The molecule has 0 saturated carbocycles. The molecular formula is C15H22O. The number of ether oxygens (including phenoxy) is 1. The summed E-state index contributed by atoms with van der Waals surface area (Å²) in [6.45, 7) is 5.47. The van der Waals surface area contributed by atoms with Crippen LogP contribution in [0, 0.1) is 5.92 Å². The Labute approximate surface area is 98.8 Å². The quantitative estimate of drug-likeness (QED) is 0.699. The summed E-state index contributed by atoms with van der Waals surface area (Å²) in [5, 5.41) is 0. The Morgan fingerprint density at radius 3 is 2.56 bits per heavy atom. The first kappa shape index (κ1) is 11.7. The third-order valence-electron chi connectivity index (χ3n) is 3.55. The molecule has 0 aromatic heterocycles. The molecule has 1 aliphatic heterocycles. The molecule has 0 amide bonds. The lowest BCUT2D eigenvalue weighted by Gasteiger charge is -2.16. The number of rotatable bonds is 1. The van der Waals surface area contributed by atoms with E-state index >= 15 is 0 Å². The van der Waals surface area contributed by atoms with Crippen LogP contribution < -0.4 is 0 Å². The lowest BCUT2D eigenvalue weighted by Crippen LogP contribution is -2.15. The molecule has 2 atom stereocenters. The number of hydrogen-bond acceptors (Lipinski definition) is 1. The fourth-order valence-electron chi connectivity index (χ4n) is 2.44. The Kier molecular flexibility index (Phi) is 4.00. The zero-order valence-electron chi connectivity index (χ0n) is 10.4. The highest BCUT2D eigenvalue weighted by Crippen LogP contribution is 2.21. The first-order chi connectivity index (χ1) is 7.79. The number of fused-ring (bicyclic) bond motifs is 1. The largest absolute Gasteiger partial charge is 0.378 e. The van der Waals surface area contributed by atoms with Crippen molar-refractivity contribution in [3.8, 4) is 0 Å². The van der Waals surface area contributed by atoms with Crippen LogP contribution >= 0.6 is 0 Å². The van der Waals surface area contributed by atoms with E-state index in [9.17, 15) is 0 Å². The molecule has 1 nitrogen and oxygen atoms in total. The minimum atomic E-state index is 0.409. The maximum absolute atomic E-state index is 5.94. The second-order valence-electron chi connectivity index (χ2n) is 4.97. The lowest BCUT2D eigenvalue weighted by atomic mass is 9.93. The summed E-state index contributed by atoms with van der Waals surface area (Å²) >= 11 is 0. The highest BCUT2D eigenvalue weighted by molar-refractivity contribution is 5.28. The molecule has 1 aromatic carbocycles. The molecule has 1 aromatic rings. The molecule has 0 spiro atoms. The summed E-state index contributed by atoms with van der Waals surface area (Å²) in [6, 6.07) is 8.85. The van der Waals surface area contributed by atoms with Crippen molar-refractivity contribution in [2.75, 3.05) is 6.61 Å². The van der Waals surface area contributed by atoms with Crippen LogP contribution in [0.15, 0.2) is 24.3 Å². The van der Waals surface area contributed by atoms with E-state index < -0.39 is 0 Å². The molecule has 0 bridgehead atoms. The molecule has 2 unspecified atom stereocenters. The normalized spacial score (nSPS) is 26.4. The van der Waals surface area contributed by atoms with Crippen LogP contribution in [0.2, 0.25) is 0 Å². The molecule has 1 heterocycles. The van der Waals surface area contributed by atoms with E-state index in [2.05, 4.69) is 38.1 Å². The van der Waals surface area contributed by atoms with Gasteiger partial charge in [-0.2, -0.15) is 0 Å². The summed E-state index contributed by atoms with van der Waals surface area (Å²) in [6.07, 6.45) is 4.99. The Bertz CT molecular complexity index is 332. The van der Waals surface area contributed by atoms with Gasteiger partial charge in [-0.15, -0.1) is 0 Å². The van der Waals surface area contributed by atoms with Gasteiger partial charge in [-0.05, 0) is 42.7 Å². The van der Waals surface area contributed by atoms with Crippen molar-refractivity contribution in [1.82, 2.24) is 0 Å². The van der Waals surface area contributed by atoms with E-state index in [1.54, 1.807) is 0 Å². The summed E-state index contributed by atoms with van der Waals surface area (Å²) in [5.41, 5.74) is 3.02. The van der Waals surface area contributed by atoms with Gasteiger partial charge in [0.05, 0.1) is 6.10 Å². The average Bonchev–Trinajstić information content (AvgIpc) is 2.36. The second-order valence-corrected chi connectivity index (χ2v) is 4.97. The first-order valence-corrected chi connectivity index (χ1v) is 6.48. The summed E-state index contributed by atoms with van der Waals surface area (Å²) in [5.74, 6) is 0.733. The second kappa shape index (κ2) is 5.49. The highest BCUT2D eigenvalue weighted by Gasteiger charge is 2.15. The zero-order valence-corrected chi connectivity index (χ0v) is 10.4. The molecule has 0 saturated heterocycles. The molecule has 16 heavy (non-hydrogen) atoms. The van der Waals surface area contributed by atoms with Crippen LogP contribution in [0.3, 0.4) is 0 Å². The minimum absolute atomic E-state index is 0.409. The molecule has 0 fully saturated rings. The van der Waals surface area contributed by atoms with Crippen LogP contribution in [0.25, 0.3) is 0 Å². The zero-order chi connectivity index (χ0) is 11.4. The van der Waals surface area contributed by atoms with Crippen LogP contribution in [0.1, 0.15) is 37.8 Å². The van der Waals surface area contributed by atoms with E-state index in [1.165, 1.54) is 24.0 Å². The molecule has 2 rings (SSSR count). The Hall–Kier alpha value is -0.820. The fraction of sp³-hybridized carbons (Fsp3) is 0.600. The van der Waals surface area contributed by atoms with Crippen molar-refractivity contribution >= 4 is 0 Å². The van der Waals surface area contributed by atoms with Gasteiger partial charge >= 0.3 is 0 Å². The van der Waals surface area contributed by atoms with Gasteiger partial charge in [-0.25, -0.2) is 0 Å². The summed E-state index contributed by atoms with van der Waals surface area (Å²) < 4.78 is 5.94. The predicted molar refractivity (Wildman–Crippen MR) is 67.7 cm³/mol. The van der Waals surface area contributed by atoms with Crippen molar-refractivity contribution in [2.45, 2.75) is 45.6 Å². The Balaban J connectivity index is 2.23. The lowest BCUT2D eigenvalue weighted by molar-refractivity contribution is 0.0453. The van der Waals surface area contributed by atoms with Crippen molar-refractivity contribution < 1.29 is 4.74 Å². The first-order valence-electron chi connectivity index (χ1n) is 6.48. The van der Waals surface area contributed by atoms with Gasteiger partial charge in [-0.3, -0.25) is 0 Å². The Morgan fingerprint density at radius 1 is 1.19 bits per heavy atom. The molecule has 0 N–H and O–H groups in total. The minimum Gasteiger partial charge on any atom is -0.378 e. The Morgan fingerprint density at radius 2 is 1.88 bits per heavy atom. The molecule has 0 aliphatic carbocycles. The van der Waals surface area contributed by atoms with Crippen LogP contribution in [0.4, 0.5) is 0 Å². The summed E-state index contributed by atoms with van der Waals surface area (Å²) in [4.78, 5) is 0. The van der Waals surface area contributed by atoms with Gasteiger partial charge < -0.3 is 4.74 Å².